The molecular weight excluding hydrogens is 1360 g/mol. The van der Waals surface area contributed by atoms with Gasteiger partial charge in [-0.2, -0.15) is 0 Å². The summed E-state index contributed by atoms with van der Waals surface area (Å²) in [6.45, 7) is 7.08. The highest BCUT2D eigenvalue weighted by Gasteiger charge is 2.40. The number of benzene rings is 14. The molecule has 0 amide bonds. The first-order valence-electron chi connectivity index (χ1n) is 38.5. The van der Waals surface area contributed by atoms with E-state index in [0.717, 1.165) is 162 Å². The lowest BCUT2D eigenvalue weighted by molar-refractivity contribution is 0.583. The fraction of sp³-hybridized carbons (Fsp3) is 0.0577. The first-order valence-corrected chi connectivity index (χ1v) is 38.5. The molecule has 2 aliphatic rings. The van der Waals surface area contributed by atoms with E-state index in [9.17, 15) is 0 Å². The van der Waals surface area contributed by atoms with E-state index in [1.807, 2.05) is 6.07 Å². The zero-order valence-electron chi connectivity index (χ0n) is 61.8. The molecule has 0 N–H and O–H groups in total. The third kappa shape index (κ3) is 10.3. The summed E-state index contributed by atoms with van der Waals surface area (Å²) in [4.78, 5) is 32.5. The van der Waals surface area contributed by atoms with E-state index in [0.29, 0.717) is 11.6 Å². The number of hydrogen-bond donors (Lipinski definition) is 0. The molecule has 0 saturated carbocycles. The summed E-state index contributed by atoms with van der Waals surface area (Å²) in [5.41, 5.74) is 32.9. The molecule has 20 aromatic rings. The minimum atomic E-state index is -0.390. The summed E-state index contributed by atoms with van der Waals surface area (Å²) in [6, 6.07) is 129. The molecule has 1 unspecified atom stereocenters. The fourth-order valence-electron chi connectivity index (χ4n) is 18.4. The summed E-state index contributed by atoms with van der Waals surface area (Å²) in [5.74, 6) is 1.33. The van der Waals surface area contributed by atoms with Crippen LogP contribution in [0.25, 0.3) is 189 Å². The van der Waals surface area contributed by atoms with Crippen molar-refractivity contribution in [1.29, 1.82) is 0 Å². The molecule has 0 spiro atoms. The van der Waals surface area contributed by atoms with Gasteiger partial charge in [-0.05, 0) is 129 Å². The lowest BCUT2D eigenvalue weighted by Gasteiger charge is -2.28. The molecule has 0 bridgehead atoms. The molecule has 0 aliphatic heterocycles. The summed E-state index contributed by atoms with van der Waals surface area (Å²) in [6.07, 6.45) is 0.771. The van der Waals surface area contributed by atoms with E-state index < -0.39 is 5.41 Å². The van der Waals surface area contributed by atoms with E-state index >= 15 is 0 Å². The molecule has 8 nitrogen and oxygen atoms in total. The monoisotopic (exact) mass is 1430 g/mol. The van der Waals surface area contributed by atoms with Gasteiger partial charge in [0.25, 0.3) is 0 Å². The van der Waals surface area contributed by atoms with Gasteiger partial charge >= 0.3 is 0 Å². The zero-order valence-corrected chi connectivity index (χ0v) is 61.8. The largest absolute Gasteiger partial charge is 0.308 e. The van der Waals surface area contributed by atoms with E-state index in [1.54, 1.807) is 0 Å². The Morgan fingerprint density at radius 3 is 1.17 bits per heavy atom. The molecule has 0 radical (unpaired) electrons. The molecular formula is C104H70N8. The van der Waals surface area contributed by atoms with Crippen molar-refractivity contribution in [3.63, 3.8) is 0 Å². The predicted octanol–water partition coefficient (Wildman–Crippen LogP) is 25.7. The number of pyridine rings is 2. The number of rotatable bonds is 12. The number of nitrogens with zero attached hydrogens (tertiary/aromatic N) is 8. The van der Waals surface area contributed by atoms with Crippen LogP contribution in [-0.2, 0) is 17.3 Å². The molecule has 526 valence electrons. The Kier molecular flexibility index (Phi) is 14.7. The van der Waals surface area contributed by atoms with Crippen LogP contribution in [0.5, 0.6) is 0 Å². The van der Waals surface area contributed by atoms with Crippen molar-refractivity contribution >= 4 is 65.4 Å². The van der Waals surface area contributed by atoms with Crippen LogP contribution in [0.4, 0.5) is 0 Å². The quantitative estimate of drug-likeness (QED) is 0.121. The SMILES string of the molecule is CC1(C)c2ccccc2-c2ccc(-c3cc(-c4ccccc4)nc(-c4ccc(-c5nc6ccccc6c6c5c5ccccc5n6-c5ccc(CC6(C)c7ccccc7-c7ccc(-c8cc(-c9ccc(-c%10nc%11ccccc%11c%11c%10c%10ccccc%10n%11-c%10ccccc%10)cc9)nc(-c9ccccc9)n8)cc76)cc5)cc4)n3)cc21. The standard InChI is InChI=1S/C104H70N8/c1-103(2)83-37-19-13-31-75(83)77-57-53-71(59-85(77)103)91-61-89(65-25-7-4-8-26-65)107-102(110-91)70-51-49-68(50-52-70)98-96-82-36-18-24-42-94(82)112(100(96)80-34-16-22-40-88(80)106-98)74-55-43-64(44-56-74)63-104(3)84-38-20-14-32-76(84)78-58-54-72(60-86(78)104)92-62-90(108-101(109-92)69-27-9-5-10-28-69)66-45-47-67(48-46-66)97-95-81-35-17-23-41-93(81)111(73-29-11-6-12-30-73)99(95)79-33-15-21-39-87(79)105-97/h4-62H,63H2,1-3H3. The Bertz CT molecular complexity index is 7220. The van der Waals surface area contributed by atoms with Crippen LogP contribution in [0, 0.1) is 0 Å². The van der Waals surface area contributed by atoms with Gasteiger partial charge in [0.15, 0.2) is 11.6 Å². The van der Waals surface area contributed by atoms with Gasteiger partial charge in [-0.25, -0.2) is 29.9 Å². The molecule has 6 heterocycles. The Morgan fingerprint density at radius 1 is 0.259 bits per heavy atom. The van der Waals surface area contributed by atoms with E-state index in [2.05, 4.69) is 382 Å². The molecule has 1 atom stereocenters. The maximum atomic E-state index is 5.56. The molecule has 8 heteroatoms. The van der Waals surface area contributed by atoms with Crippen LogP contribution < -0.4 is 0 Å². The number of para-hydroxylation sites is 5. The zero-order chi connectivity index (χ0) is 74.3. The van der Waals surface area contributed by atoms with Crippen molar-refractivity contribution in [2.45, 2.75) is 38.0 Å². The second-order valence-electron chi connectivity index (χ2n) is 30.7. The first kappa shape index (κ1) is 64.8. The highest BCUT2D eigenvalue weighted by atomic mass is 15.0. The van der Waals surface area contributed by atoms with Gasteiger partial charge in [0.05, 0.1) is 67.3 Å². The third-order valence-corrected chi connectivity index (χ3v) is 23.8. The molecule has 0 fully saturated rings. The normalized spacial score (nSPS) is 14.0. The van der Waals surface area contributed by atoms with E-state index in [4.69, 9.17) is 29.9 Å². The number of fused-ring (bicyclic) bond motifs is 16. The molecule has 22 rings (SSSR count). The minimum Gasteiger partial charge on any atom is -0.308 e. The van der Waals surface area contributed by atoms with Crippen LogP contribution in [-0.4, -0.2) is 39.0 Å². The van der Waals surface area contributed by atoms with Gasteiger partial charge in [0, 0.05) is 99.0 Å². The predicted molar refractivity (Wildman–Crippen MR) is 460 cm³/mol. The first-order chi connectivity index (χ1) is 55.1. The smallest absolute Gasteiger partial charge is 0.160 e. The van der Waals surface area contributed by atoms with Crippen LogP contribution in [0.2, 0.25) is 0 Å². The van der Waals surface area contributed by atoms with Crippen LogP contribution >= 0.6 is 0 Å². The van der Waals surface area contributed by atoms with Crippen molar-refractivity contribution in [3.05, 3.63) is 386 Å². The van der Waals surface area contributed by atoms with Crippen molar-refractivity contribution in [2.24, 2.45) is 0 Å². The molecule has 112 heavy (non-hydrogen) atoms. The topological polar surface area (TPSA) is 87.2 Å². The highest BCUT2D eigenvalue weighted by Crippen LogP contribution is 2.54. The van der Waals surface area contributed by atoms with E-state index in [-0.39, 0.29) is 5.41 Å². The summed E-state index contributed by atoms with van der Waals surface area (Å²) in [7, 11) is 0. The van der Waals surface area contributed by atoms with Gasteiger partial charge in [-0.15, -0.1) is 0 Å². The van der Waals surface area contributed by atoms with Crippen molar-refractivity contribution in [3.8, 4) is 124 Å². The average molecular weight is 1430 g/mol. The summed E-state index contributed by atoms with van der Waals surface area (Å²) < 4.78 is 4.85. The lowest BCUT2D eigenvalue weighted by atomic mass is 9.75. The van der Waals surface area contributed by atoms with Crippen LogP contribution in [0.3, 0.4) is 0 Å². The van der Waals surface area contributed by atoms with Crippen LogP contribution in [0.1, 0.15) is 48.6 Å². The third-order valence-electron chi connectivity index (χ3n) is 23.8. The van der Waals surface area contributed by atoms with Crippen molar-refractivity contribution in [1.82, 2.24) is 39.0 Å². The van der Waals surface area contributed by atoms with Gasteiger partial charge in [-0.1, -0.05) is 306 Å². The molecule has 14 aromatic carbocycles. The van der Waals surface area contributed by atoms with Gasteiger partial charge in [0.2, 0.25) is 0 Å². The lowest BCUT2D eigenvalue weighted by Crippen LogP contribution is -2.24. The second-order valence-corrected chi connectivity index (χ2v) is 30.7. The van der Waals surface area contributed by atoms with Crippen molar-refractivity contribution in [2.75, 3.05) is 0 Å². The molecule has 0 saturated heterocycles. The van der Waals surface area contributed by atoms with Crippen molar-refractivity contribution < 1.29 is 0 Å². The summed E-state index contributed by atoms with van der Waals surface area (Å²) in [5, 5.41) is 6.72. The van der Waals surface area contributed by atoms with Gasteiger partial charge < -0.3 is 9.13 Å². The Morgan fingerprint density at radius 2 is 0.625 bits per heavy atom. The van der Waals surface area contributed by atoms with Crippen LogP contribution in [0.15, 0.2) is 358 Å². The minimum absolute atomic E-state index is 0.149. The van der Waals surface area contributed by atoms with Gasteiger partial charge in [0.1, 0.15) is 0 Å². The second kappa shape index (κ2) is 25.4. The molecule has 6 aromatic heterocycles. The number of aromatic nitrogens is 8. The average Bonchev–Trinajstić information content (AvgIpc) is 1.57. The molecule has 2 aliphatic carbocycles. The fourth-order valence-corrected chi connectivity index (χ4v) is 18.4. The summed E-state index contributed by atoms with van der Waals surface area (Å²) >= 11 is 0. The highest BCUT2D eigenvalue weighted by molar-refractivity contribution is 6.24. The maximum Gasteiger partial charge on any atom is 0.160 e. The van der Waals surface area contributed by atoms with E-state index in [1.165, 1.54) is 50.1 Å². The maximum absolute atomic E-state index is 5.56. The number of hydrogen-bond acceptors (Lipinski definition) is 6. The Labute approximate surface area is 648 Å². The Balaban J connectivity index is 0.608. The Hall–Kier alpha value is -14.3. The van der Waals surface area contributed by atoms with Gasteiger partial charge in [-0.3, -0.25) is 0 Å².